The fraction of sp³-hybridized carbons (Fsp3) is 0.722. The van der Waals surface area contributed by atoms with Gasteiger partial charge in [-0.3, -0.25) is 4.98 Å². The van der Waals surface area contributed by atoms with Gasteiger partial charge >= 0.3 is 0 Å². The van der Waals surface area contributed by atoms with E-state index in [1.54, 1.807) is 0 Å². The zero-order valence-corrected chi connectivity index (χ0v) is 12.7. The lowest BCUT2D eigenvalue weighted by molar-refractivity contribution is -0.0737. The van der Waals surface area contributed by atoms with Crippen LogP contribution in [-0.2, 0) is 0 Å². The van der Waals surface area contributed by atoms with Crippen molar-refractivity contribution < 1.29 is 0 Å². The molecule has 0 radical (unpaired) electrons. The van der Waals surface area contributed by atoms with Crippen molar-refractivity contribution in [3.05, 3.63) is 29.6 Å². The van der Waals surface area contributed by atoms with Gasteiger partial charge in [-0.1, -0.05) is 0 Å². The molecule has 1 aromatic rings. The van der Waals surface area contributed by atoms with Gasteiger partial charge in [-0.25, -0.2) is 0 Å². The largest absolute Gasteiger partial charge is 0.312 e. The highest BCUT2D eigenvalue weighted by Gasteiger charge is 2.54. The average Bonchev–Trinajstić information content (AvgIpc) is 2.40. The number of hydrogen-bond acceptors (Lipinski definition) is 2. The van der Waals surface area contributed by atoms with Crippen LogP contribution in [0, 0.1) is 30.1 Å². The lowest BCUT2D eigenvalue weighted by Gasteiger charge is -2.59. The van der Waals surface area contributed by atoms with Crippen molar-refractivity contribution in [2.45, 2.75) is 51.5 Å². The van der Waals surface area contributed by atoms with Gasteiger partial charge < -0.3 is 5.32 Å². The van der Waals surface area contributed by atoms with Crippen molar-refractivity contribution in [2.24, 2.45) is 23.2 Å². The monoisotopic (exact) mass is 270 g/mol. The number of nitrogens with zero attached hydrogens (tertiary/aromatic N) is 1. The Hall–Kier alpha value is -0.890. The third-order valence-corrected chi connectivity index (χ3v) is 6.38. The minimum absolute atomic E-state index is 0.504. The first-order chi connectivity index (χ1) is 9.70. The van der Waals surface area contributed by atoms with Gasteiger partial charge in [0.25, 0.3) is 0 Å². The molecule has 0 saturated heterocycles. The van der Waals surface area contributed by atoms with E-state index in [-0.39, 0.29) is 0 Å². The average molecular weight is 270 g/mol. The van der Waals surface area contributed by atoms with E-state index in [2.05, 4.69) is 36.5 Å². The van der Waals surface area contributed by atoms with Crippen LogP contribution in [-0.4, -0.2) is 12.0 Å². The molecule has 108 valence electrons. The second-order valence-corrected chi connectivity index (χ2v) is 7.73. The molecule has 4 saturated carbocycles. The Morgan fingerprint density at radius 2 is 1.75 bits per heavy atom. The van der Waals surface area contributed by atoms with Gasteiger partial charge in [0, 0.05) is 18.4 Å². The van der Waals surface area contributed by atoms with Crippen molar-refractivity contribution in [2.75, 3.05) is 7.05 Å². The Kier molecular flexibility index (Phi) is 2.92. The molecule has 1 N–H and O–H groups in total. The Labute approximate surface area is 122 Å². The van der Waals surface area contributed by atoms with Gasteiger partial charge in [-0.2, -0.15) is 0 Å². The summed E-state index contributed by atoms with van der Waals surface area (Å²) in [6.45, 7) is 2.24. The second kappa shape index (κ2) is 4.56. The summed E-state index contributed by atoms with van der Waals surface area (Å²) in [4.78, 5) is 4.40. The Morgan fingerprint density at radius 1 is 1.15 bits per heavy atom. The van der Waals surface area contributed by atoms with Crippen LogP contribution in [0.25, 0.3) is 0 Å². The number of rotatable bonds is 3. The zero-order chi connectivity index (χ0) is 13.7. The van der Waals surface area contributed by atoms with E-state index >= 15 is 0 Å². The predicted octanol–water partition coefficient (Wildman–Crippen LogP) is 3.87. The summed E-state index contributed by atoms with van der Waals surface area (Å²) in [7, 11) is 2.15. The minimum Gasteiger partial charge on any atom is -0.312 e. The maximum atomic E-state index is 4.40. The summed E-state index contributed by atoms with van der Waals surface area (Å²) in [5.74, 6) is 3.03. The normalized spacial score (nSPS) is 40.0. The van der Waals surface area contributed by atoms with Gasteiger partial charge in [0.1, 0.15) is 0 Å². The highest BCUT2D eigenvalue weighted by molar-refractivity contribution is 5.28. The molecule has 0 aromatic carbocycles. The summed E-state index contributed by atoms with van der Waals surface area (Å²) in [5, 5.41) is 3.68. The molecule has 0 amide bonds. The van der Waals surface area contributed by atoms with Gasteiger partial charge in [-0.15, -0.1) is 0 Å². The Bertz CT molecular complexity index is 473. The third-order valence-electron chi connectivity index (χ3n) is 6.38. The molecule has 0 spiro atoms. The molecule has 4 bridgehead atoms. The first-order valence-electron chi connectivity index (χ1n) is 8.28. The number of pyridine rings is 1. The van der Waals surface area contributed by atoms with E-state index < -0.39 is 0 Å². The van der Waals surface area contributed by atoms with Crippen LogP contribution < -0.4 is 5.32 Å². The Balaban J connectivity index is 1.73. The van der Waals surface area contributed by atoms with Crippen LogP contribution in [0.5, 0.6) is 0 Å². The SMILES string of the molecule is CNC(c1cnccc1C)C12CC3CC(CC(C3)C1)C2. The van der Waals surface area contributed by atoms with Crippen LogP contribution in [0.1, 0.15) is 55.7 Å². The summed E-state index contributed by atoms with van der Waals surface area (Å²) in [6.07, 6.45) is 12.9. The molecule has 1 aromatic heterocycles. The van der Waals surface area contributed by atoms with E-state index in [9.17, 15) is 0 Å². The molecule has 1 atom stereocenters. The summed E-state index contributed by atoms with van der Waals surface area (Å²) >= 11 is 0. The molecule has 2 heteroatoms. The van der Waals surface area contributed by atoms with Crippen molar-refractivity contribution >= 4 is 0 Å². The summed E-state index contributed by atoms with van der Waals surface area (Å²) < 4.78 is 0. The number of aryl methyl sites for hydroxylation is 1. The van der Waals surface area contributed by atoms with Gasteiger partial charge in [0.05, 0.1) is 0 Å². The molecule has 1 unspecified atom stereocenters. The minimum atomic E-state index is 0.504. The van der Waals surface area contributed by atoms with Crippen LogP contribution in [0.15, 0.2) is 18.5 Å². The molecule has 5 rings (SSSR count). The maximum absolute atomic E-state index is 4.40. The van der Waals surface area contributed by atoms with E-state index in [1.165, 1.54) is 49.7 Å². The second-order valence-electron chi connectivity index (χ2n) is 7.73. The summed E-state index contributed by atoms with van der Waals surface area (Å²) in [5.41, 5.74) is 3.35. The summed E-state index contributed by atoms with van der Waals surface area (Å²) in [6, 6.07) is 2.67. The van der Waals surface area contributed by atoms with Gasteiger partial charge in [0.15, 0.2) is 0 Å². The highest BCUT2D eigenvalue weighted by atomic mass is 14.9. The smallest absolute Gasteiger partial charge is 0.0393 e. The van der Waals surface area contributed by atoms with E-state index in [0.717, 1.165) is 17.8 Å². The van der Waals surface area contributed by atoms with Crippen molar-refractivity contribution in [3.8, 4) is 0 Å². The van der Waals surface area contributed by atoms with Crippen molar-refractivity contribution in [3.63, 3.8) is 0 Å². The van der Waals surface area contributed by atoms with E-state index in [1.807, 2.05) is 6.20 Å². The third kappa shape index (κ3) is 1.84. The molecule has 4 fully saturated rings. The zero-order valence-electron chi connectivity index (χ0n) is 12.7. The lowest BCUT2D eigenvalue weighted by Crippen LogP contribution is -2.51. The van der Waals surface area contributed by atoms with Crippen LogP contribution in [0.3, 0.4) is 0 Å². The van der Waals surface area contributed by atoms with Crippen LogP contribution in [0.4, 0.5) is 0 Å². The Morgan fingerprint density at radius 3 is 2.25 bits per heavy atom. The number of aromatic nitrogens is 1. The molecule has 4 aliphatic rings. The maximum Gasteiger partial charge on any atom is 0.0393 e. The molecule has 1 heterocycles. The molecule has 2 nitrogen and oxygen atoms in total. The number of hydrogen-bond donors (Lipinski definition) is 1. The highest BCUT2D eigenvalue weighted by Crippen LogP contribution is 2.64. The first kappa shape index (κ1) is 12.8. The molecule has 0 aliphatic heterocycles. The van der Waals surface area contributed by atoms with Crippen LogP contribution >= 0.6 is 0 Å². The molecule has 20 heavy (non-hydrogen) atoms. The van der Waals surface area contributed by atoms with Gasteiger partial charge in [-0.05, 0) is 92.9 Å². The molecule has 4 aliphatic carbocycles. The molecular weight excluding hydrogens is 244 g/mol. The first-order valence-corrected chi connectivity index (χ1v) is 8.28. The standard InChI is InChI=1S/C18H26N2/c1-12-3-4-20-11-16(12)17(19-2)18-8-13-5-14(9-18)7-15(6-13)10-18/h3-4,11,13-15,17,19H,5-10H2,1-2H3. The quantitative estimate of drug-likeness (QED) is 0.902. The van der Waals surface area contributed by atoms with Crippen LogP contribution in [0.2, 0.25) is 0 Å². The fourth-order valence-electron chi connectivity index (χ4n) is 6.10. The predicted molar refractivity (Wildman–Crippen MR) is 81.4 cm³/mol. The van der Waals surface area contributed by atoms with Gasteiger partial charge in [0.2, 0.25) is 0 Å². The van der Waals surface area contributed by atoms with E-state index in [4.69, 9.17) is 0 Å². The lowest BCUT2D eigenvalue weighted by atomic mass is 9.47. The van der Waals surface area contributed by atoms with E-state index in [0.29, 0.717) is 11.5 Å². The number of nitrogens with one attached hydrogen (secondary N) is 1. The topological polar surface area (TPSA) is 24.9 Å². The van der Waals surface area contributed by atoms with Crippen molar-refractivity contribution in [1.29, 1.82) is 0 Å². The fourth-order valence-corrected chi connectivity index (χ4v) is 6.10. The molecular formula is C18H26N2. The van der Waals surface area contributed by atoms with Crippen molar-refractivity contribution in [1.82, 2.24) is 10.3 Å².